The second-order valence-corrected chi connectivity index (χ2v) is 6.00. The van der Waals surface area contributed by atoms with Crippen LogP contribution in [-0.2, 0) is 6.18 Å². The van der Waals surface area contributed by atoms with Gasteiger partial charge in [0, 0.05) is 0 Å². The third-order valence-electron chi connectivity index (χ3n) is 3.94. The van der Waals surface area contributed by atoms with Crippen LogP contribution in [0.5, 0.6) is 0 Å². The molecule has 0 atom stereocenters. The Morgan fingerprint density at radius 1 is 1.16 bits per heavy atom. The molecular formula is C15H10ClF4N5. The first-order valence-electron chi connectivity index (χ1n) is 7.31. The fraction of sp³-hybridized carbons (Fsp3) is 0.267. The molecule has 25 heavy (non-hydrogen) atoms. The van der Waals surface area contributed by atoms with E-state index in [2.05, 4.69) is 15.1 Å². The highest BCUT2D eigenvalue weighted by Crippen LogP contribution is 2.33. The molecule has 130 valence electrons. The summed E-state index contributed by atoms with van der Waals surface area (Å²) in [5.41, 5.74) is -0.341. The summed E-state index contributed by atoms with van der Waals surface area (Å²) in [7, 11) is 0. The first-order chi connectivity index (χ1) is 11.8. The Bertz CT molecular complexity index is 949. The number of nitrogens with zero attached hydrogens (tertiary/aromatic N) is 5. The fourth-order valence-electron chi connectivity index (χ4n) is 2.71. The average Bonchev–Trinajstić information content (AvgIpc) is 2.94. The number of benzene rings is 1. The Balaban J connectivity index is 1.84. The Kier molecular flexibility index (Phi) is 3.57. The van der Waals surface area contributed by atoms with E-state index in [-0.39, 0.29) is 29.7 Å². The van der Waals surface area contributed by atoms with Gasteiger partial charge in [-0.3, -0.25) is 0 Å². The van der Waals surface area contributed by atoms with E-state index in [1.54, 1.807) is 4.90 Å². The molecule has 1 aliphatic heterocycles. The zero-order valence-electron chi connectivity index (χ0n) is 12.5. The molecule has 5 nitrogen and oxygen atoms in total. The molecule has 3 heterocycles. The van der Waals surface area contributed by atoms with E-state index >= 15 is 0 Å². The molecule has 3 aromatic rings. The predicted octanol–water partition coefficient (Wildman–Crippen LogP) is 3.65. The van der Waals surface area contributed by atoms with Crippen molar-refractivity contribution >= 4 is 28.5 Å². The molecule has 0 amide bonds. The smallest absolute Gasteiger partial charge is 0.350 e. The van der Waals surface area contributed by atoms with Crippen LogP contribution in [-0.4, -0.2) is 39.0 Å². The summed E-state index contributed by atoms with van der Waals surface area (Å²) in [5, 5.41) is 4.53. The van der Waals surface area contributed by atoms with Gasteiger partial charge in [0.15, 0.2) is 5.65 Å². The summed E-state index contributed by atoms with van der Waals surface area (Å²) < 4.78 is 53.2. The van der Waals surface area contributed by atoms with Gasteiger partial charge in [0.1, 0.15) is 12.0 Å². The van der Waals surface area contributed by atoms with Gasteiger partial charge in [0.2, 0.25) is 5.28 Å². The van der Waals surface area contributed by atoms with Crippen molar-refractivity contribution < 1.29 is 17.6 Å². The zero-order valence-corrected chi connectivity index (χ0v) is 13.3. The Labute approximate surface area is 143 Å². The molecule has 2 aromatic heterocycles. The maximum atomic E-state index is 13.1. The van der Waals surface area contributed by atoms with E-state index in [1.807, 2.05) is 0 Å². The van der Waals surface area contributed by atoms with Crippen LogP contribution < -0.4 is 4.90 Å². The molecule has 0 saturated carbocycles. The van der Waals surface area contributed by atoms with E-state index in [1.165, 1.54) is 23.0 Å². The minimum atomic E-state index is -4.47. The van der Waals surface area contributed by atoms with Gasteiger partial charge >= 0.3 is 6.18 Å². The monoisotopic (exact) mass is 371 g/mol. The highest BCUT2D eigenvalue weighted by atomic mass is 35.5. The lowest BCUT2D eigenvalue weighted by molar-refractivity contribution is -0.137. The maximum absolute atomic E-state index is 13.1. The van der Waals surface area contributed by atoms with Crippen LogP contribution in [0.15, 0.2) is 30.5 Å². The molecule has 0 radical (unpaired) electrons. The minimum Gasteiger partial charge on any atom is -0.350 e. The van der Waals surface area contributed by atoms with E-state index in [0.717, 1.165) is 12.1 Å². The van der Waals surface area contributed by atoms with Gasteiger partial charge in [-0.1, -0.05) is 6.07 Å². The summed E-state index contributed by atoms with van der Waals surface area (Å²) in [4.78, 5) is 9.86. The minimum absolute atomic E-state index is 0.0847. The predicted molar refractivity (Wildman–Crippen MR) is 83.8 cm³/mol. The van der Waals surface area contributed by atoms with Crippen molar-refractivity contribution in [1.29, 1.82) is 0 Å². The van der Waals surface area contributed by atoms with Gasteiger partial charge < -0.3 is 4.90 Å². The zero-order chi connectivity index (χ0) is 17.8. The lowest BCUT2D eigenvalue weighted by atomic mass is 10.2. The normalized spacial score (nSPS) is 15.6. The van der Waals surface area contributed by atoms with Gasteiger partial charge in [0.05, 0.1) is 35.9 Å². The van der Waals surface area contributed by atoms with Crippen LogP contribution >= 0.6 is 11.6 Å². The molecule has 0 N–H and O–H groups in total. The summed E-state index contributed by atoms with van der Waals surface area (Å²) in [6.45, 7) is 0.356. The van der Waals surface area contributed by atoms with Crippen LogP contribution in [0.1, 0.15) is 5.56 Å². The number of alkyl halides is 4. The summed E-state index contributed by atoms with van der Waals surface area (Å²) >= 11 is 5.94. The van der Waals surface area contributed by atoms with Gasteiger partial charge in [-0.25, -0.2) is 9.07 Å². The largest absolute Gasteiger partial charge is 0.416 e. The maximum Gasteiger partial charge on any atom is 0.416 e. The van der Waals surface area contributed by atoms with Crippen molar-refractivity contribution in [3.05, 3.63) is 41.3 Å². The van der Waals surface area contributed by atoms with Crippen molar-refractivity contribution in [1.82, 2.24) is 19.7 Å². The number of fused-ring (bicyclic) bond motifs is 1. The van der Waals surface area contributed by atoms with E-state index in [0.29, 0.717) is 11.2 Å². The summed E-state index contributed by atoms with van der Waals surface area (Å²) in [5.74, 6) is 0.419. The SMILES string of the molecule is FC1CN(c2nc(Cl)nc3c2cnn3-c2cccc(C(F)(F)F)c2)C1. The lowest BCUT2D eigenvalue weighted by Gasteiger charge is -2.35. The number of halogens is 5. The lowest BCUT2D eigenvalue weighted by Crippen LogP contribution is -2.49. The highest BCUT2D eigenvalue weighted by Gasteiger charge is 2.32. The first kappa shape index (κ1) is 16.1. The number of aromatic nitrogens is 4. The molecule has 1 aliphatic rings. The third kappa shape index (κ3) is 2.78. The molecule has 10 heteroatoms. The number of rotatable bonds is 2. The second-order valence-electron chi connectivity index (χ2n) is 5.66. The second kappa shape index (κ2) is 5.55. The van der Waals surface area contributed by atoms with E-state index in [9.17, 15) is 17.6 Å². The Morgan fingerprint density at radius 3 is 2.60 bits per heavy atom. The third-order valence-corrected chi connectivity index (χ3v) is 4.10. The summed E-state index contributed by atoms with van der Waals surface area (Å²) in [6, 6.07) is 4.73. The van der Waals surface area contributed by atoms with Crippen LogP contribution in [0, 0.1) is 0 Å². The molecular weight excluding hydrogens is 362 g/mol. The van der Waals surface area contributed by atoms with Crippen molar-refractivity contribution in [3.63, 3.8) is 0 Å². The van der Waals surface area contributed by atoms with Gasteiger partial charge in [0.25, 0.3) is 0 Å². The Morgan fingerprint density at radius 2 is 1.92 bits per heavy atom. The molecule has 1 fully saturated rings. The van der Waals surface area contributed by atoms with Crippen molar-refractivity contribution in [2.45, 2.75) is 12.3 Å². The first-order valence-corrected chi connectivity index (χ1v) is 7.68. The van der Waals surface area contributed by atoms with Gasteiger partial charge in [-0.15, -0.1) is 0 Å². The van der Waals surface area contributed by atoms with Crippen LogP contribution in [0.3, 0.4) is 0 Å². The van der Waals surface area contributed by atoms with E-state index in [4.69, 9.17) is 11.6 Å². The average molecular weight is 372 g/mol. The number of hydrogen-bond donors (Lipinski definition) is 0. The van der Waals surface area contributed by atoms with Crippen molar-refractivity contribution in [3.8, 4) is 5.69 Å². The van der Waals surface area contributed by atoms with Crippen molar-refractivity contribution in [2.75, 3.05) is 18.0 Å². The standard InChI is InChI=1S/C15H10ClF4N5/c16-14-22-12(24-6-9(17)7-24)11-5-21-25(13(11)23-14)10-3-1-2-8(4-10)15(18,19)20/h1-5,9H,6-7H2. The molecule has 0 spiro atoms. The molecule has 0 aliphatic carbocycles. The topological polar surface area (TPSA) is 46.8 Å². The van der Waals surface area contributed by atoms with Crippen molar-refractivity contribution in [2.24, 2.45) is 0 Å². The van der Waals surface area contributed by atoms with Crippen LogP contribution in [0.2, 0.25) is 5.28 Å². The molecule has 1 aromatic carbocycles. The van der Waals surface area contributed by atoms with Crippen LogP contribution in [0.4, 0.5) is 23.4 Å². The number of hydrogen-bond acceptors (Lipinski definition) is 4. The number of anilines is 1. The van der Waals surface area contributed by atoms with E-state index < -0.39 is 17.9 Å². The summed E-state index contributed by atoms with van der Waals surface area (Å²) in [6.07, 6.45) is -3.97. The van der Waals surface area contributed by atoms with Crippen LogP contribution in [0.25, 0.3) is 16.7 Å². The molecule has 0 unspecified atom stereocenters. The fourth-order valence-corrected chi connectivity index (χ4v) is 2.87. The quantitative estimate of drug-likeness (QED) is 0.509. The molecule has 1 saturated heterocycles. The molecule has 0 bridgehead atoms. The van der Waals surface area contributed by atoms with Gasteiger partial charge in [-0.05, 0) is 29.8 Å². The van der Waals surface area contributed by atoms with Gasteiger partial charge in [-0.2, -0.15) is 28.2 Å². The molecule has 4 rings (SSSR count). The highest BCUT2D eigenvalue weighted by molar-refractivity contribution is 6.28. The Hall–Kier alpha value is -2.42.